The lowest BCUT2D eigenvalue weighted by Crippen LogP contribution is -2.30. The number of hydrogen-bond donors (Lipinski definition) is 2. The van der Waals surface area contributed by atoms with E-state index in [2.05, 4.69) is 6.92 Å². The average Bonchev–Trinajstić information content (AvgIpc) is 2.26. The van der Waals surface area contributed by atoms with E-state index in [-0.39, 0.29) is 11.6 Å². The highest BCUT2D eigenvalue weighted by molar-refractivity contribution is 5.98. The van der Waals surface area contributed by atoms with Crippen molar-refractivity contribution in [2.24, 2.45) is 0 Å². The number of aromatic carboxylic acids is 1. The topological polar surface area (TPSA) is 66.6 Å². The zero-order valence-corrected chi connectivity index (χ0v) is 9.90. The number of hydrogen-bond acceptors (Lipinski definition) is 3. The fourth-order valence-electron chi connectivity index (χ4n) is 1.62. The van der Waals surface area contributed by atoms with Crippen molar-refractivity contribution < 1.29 is 9.90 Å². The summed E-state index contributed by atoms with van der Waals surface area (Å²) in [4.78, 5) is 13.0. The highest BCUT2D eigenvalue weighted by Gasteiger charge is 2.18. The van der Waals surface area contributed by atoms with Gasteiger partial charge in [-0.15, -0.1) is 0 Å². The fraction of sp³-hybridized carbons (Fsp3) is 0.417. The van der Waals surface area contributed by atoms with E-state index >= 15 is 0 Å². The van der Waals surface area contributed by atoms with E-state index in [4.69, 9.17) is 10.8 Å². The molecule has 1 rings (SSSR count). The van der Waals surface area contributed by atoms with Crippen LogP contribution in [0.1, 0.15) is 30.6 Å². The van der Waals surface area contributed by atoms with E-state index in [0.717, 1.165) is 6.42 Å². The maximum absolute atomic E-state index is 11.1. The van der Waals surface area contributed by atoms with E-state index in [0.29, 0.717) is 11.4 Å². The van der Waals surface area contributed by atoms with Gasteiger partial charge >= 0.3 is 5.97 Å². The first kappa shape index (κ1) is 12.4. The minimum absolute atomic E-state index is 0.253. The van der Waals surface area contributed by atoms with Gasteiger partial charge in [0.05, 0.1) is 16.9 Å². The molecule has 3 N–H and O–H groups in total. The molecule has 4 nitrogen and oxygen atoms in total. The molecule has 88 valence electrons. The van der Waals surface area contributed by atoms with Gasteiger partial charge in [-0.25, -0.2) is 4.79 Å². The van der Waals surface area contributed by atoms with Crippen molar-refractivity contribution in [2.75, 3.05) is 17.7 Å². The fourth-order valence-corrected chi connectivity index (χ4v) is 1.62. The maximum atomic E-state index is 11.1. The largest absolute Gasteiger partial charge is 0.478 e. The second-order valence-electron chi connectivity index (χ2n) is 3.92. The zero-order chi connectivity index (χ0) is 12.3. The number of rotatable bonds is 4. The number of para-hydroxylation sites is 1. The van der Waals surface area contributed by atoms with Gasteiger partial charge < -0.3 is 15.7 Å². The van der Waals surface area contributed by atoms with Crippen molar-refractivity contribution in [3.8, 4) is 0 Å². The third-order valence-electron chi connectivity index (χ3n) is 2.90. The van der Waals surface area contributed by atoms with Crippen molar-refractivity contribution >= 4 is 17.3 Å². The Hall–Kier alpha value is -1.71. The molecule has 0 aliphatic rings. The SMILES string of the molecule is CCC(C)N(C)c1c(N)cccc1C(=O)O. The molecule has 0 heterocycles. The Morgan fingerprint density at radius 1 is 1.56 bits per heavy atom. The monoisotopic (exact) mass is 222 g/mol. The highest BCUT2D eigenvalue weighted by atomic mass is 16.4. The van der Waals surface area contributed by atoms with Gasteiger partial charge in [-0.05, 0) is 25.5 Å². The lowest BCUT2D eigenvalue weighted by Gasteiger charge is -2.28. The Bertz CT molecular complexity index is 391. The molecule has 1 unspecified atom stereocenters. The summed E-state index contributed by atoms with van der Waals surface area (Å²) in [5.41, 5.74) is 7.20. The minimum atomic E-state index is -0.947. The number of carboxylic acids is 1. The van der Waals surface area contributed by atoms with Gasteiger partial charge in [0.25, 0.3) is 0 Å². The Morgan fingerprint density at radius 3 is 2.69 bits per heavy atom. The Labute approximate surface area is 95.7 Å². The Morgan fingerprint density at radius 2 is 2.19 bits per heavy atom. The van der Waals surface area contributed by atoms with Crippen molar-refractivity contribution in [3.63, 3.8) is 0 Å². The molecule has 1 aromatic rings. The smallest absolute Gasteiger partial charge is 0.337 e. The maximum Gasteiger partial charge on any atom is 0.337 e. The number of nitrogen functional groups attached to an aromatic ring is 1. The molecule has 4 heteroatoms. The van der Waals surface area contributed by atoms with Gasteiger partial charge in [-0.3, -0.25) is 0 Å². The quantitative estimate of drug-likeness (QED) is 0.766. The highest BCUT2D eigenvalue weighted by Crippen LogP contribution is 2.28. The summed E-state index contributed by atoms with van der Waals surface area (Å²) in [7, 11) is 1.87. The molecule has 1 atom stereocenters. The predicted molar refractivity (Wildman–Crippen MR) is 66.0 cm³/mol. The molecular weight excluding hydrogens is 204 g/mol. The molecule has 1 aromatic carbocycles. The molecule has 0 saturated carbocycles. The van der Waals surface area contributed by atoms with Crippen LogP contribution in [-0.4, -0.2) is 24.2 Å². The van der Waals surface area contributed by atoms with Crippen LogP contribution in [-0.2, 0) is 0 Å². The number of nitrogens with two attached hydrogens (primary N) is 1. The van der Waals surface area contributed by atoms with E-state index < -0.39 is 5.97 Å². The Kier molecular flexibility index (Phi) is 3.77. The predicted octanol–water partition coefficient (Wildman–Crippen LogP) is 2.20. The van der Waals surface area contributed by atoms with Crippen molar-refractivity contribution in [1.29, 1.82) is 0 Å². The number of carboxylic acid groups (broad SMARTS) is 1. The van der Waals surface area contributed by atoms with E-state index in [1.807, 2.05) is 18.9 Å². The first-order chi connectivity index (χ1) is 7.49. The third-order valence-corrected chi connectivity index (χ3v) is 2.90. The number of carbonyl (C=O) groups is 1. The summed E-state index contributed by atoms with van der Waals surface area (Å²) >= 11 is 0. The van der Waals surface area contributed by atoms with Crippen LogP contribution in [0.25, 0.3) is 0 Å². The molecule has 0 fully saturated rings. The summed E-state index contributed by atoms with van der Waals surface area (Å²) < 4.78 is 0. The summed E-state index contributed by atoms with van der Waals surface area (Å²) in [5.74, 6) is -0.947. The molecule has 16 heavy (non-hydrogen) atoms. The van der Waals surface area contributed by atoms with Crippen LogP contribution in [0.5, 0.6) is 0 Å². The molecular formula is C12H18N2O2. The molecule has 0 amide bonds. The van der Waals surface area contributed by atoms with E-state index in [1.165, 1.54) is 0 Å². The first-order valence-electron chi connectivity index (χ1n) is 5.33. The van der Waals surface area contributed by atoms with Gasteiger partial charge in [0.2, 0.25) is 0 Å². The van der Waals surface area contributed by atoms with Crippen molar-refractivity contribution in [1.82, 2.24) is 0 Å². The van der Waals surface area contributed by atoms with Gasteiger partial charge in [-0.2, -0.15) is 0 Å². The number of nitrogens with zero attached hydrogens (tertiary/aromatic N) is 1. The van der Waals surface area contributed by atoms with Crippen LogP contribution in [0, 0.1) is 0 Å². The van der Waals surface area contributed by atoms with Gasteiger partial charge in [-0.1, -0.05) is 13.0 Å². The summed E-state index contributed by atoms with van der Waals surface area (Å²) in [6.07, 6.45) is 0.934. The second-order valence-corrected chi connectivity index (χ2v) is 3.92. The lowest BCUT2D eigenvalue weighted by molar-refractivity contribution is 0.0697. The third kappa shape index (κ3) is 2.27. The molecule has 0 aromatic heterocycles. The van der Waals surface area contributed by atoms with Crippen LogP contribution in [0.4, 0.5) is 11.4 Å². The van der Waals surface area contributed by atoms with E-state index in [1.54, 1.807) is 18.2 Å². The van der Waals surface area contributed by atoms with Crippen LogP contribution in [0.15, 0.2) is 18.2 Å². The van der Waals surface area contributed by atoms with Crippen LogP contribution >= 0.6 is 0 Å². The molecule has 0 spiro atoms. The van der Waals surface area contributed by atoms with Crippen LogP contribution in [0.2, 0.25) is 0 Å². The number of benzene rings is 1. The van der Waals surface area contributed by atoms with Gasteiger partial charge in [0.1, 0.15) is 0 Å². The zero-order valence-electron chi connectivity index (χ0n) is 9.90. The summed E-state index contributed by atoms with van der Waals surface area (Å²) in [5, 5.41) is 9.11. The summed E-state index contributed by atoms with van der Waals surface area (Å²) in [6.45, 7) is 4.10. The van der Waals surface area contributed by atoms with Gasteiger partial charge in [0, 0.05) is 13.1 Å². The van der Waals surface area contributed by atoms with Crippen molar-refractivity contribution in [2.45, 2.75) is 26.3 Å². The molecule has 0 bridgehead atoms. The molecule has 0 aliphatic carbocycles. The standard InChI is InChI=1S/C12H18N2O2/c1-4-8(2)14(3)11-9(12(15)16)6-5-7-10(11)13/h5-8H,4,13H2,1-3H3,(H,15,16). The van der Waals surface area contributed by atoms with Crippen molar-refractivity contribution in [3.05, 3.63) is 23.8 Å². The Balaban J connectivity index is 3.24. The van der Waals surface area contributed by atoms with Gasteiger partial charge in [0.15, 0.2) is 0 Å². The van der Waals surface area contributed by atoms with E-state index in [9.17, 15) is 4.79 Å². The van der Waals surface area contributed by atoms with Crippen LogP contribution < -0.4 is 10.6 Å². The summed E-state index contributed by atoms with van der Waals surface area (Å²) in [6, 6.07) is 5.21. The lowest BCUT2D eigenvalue weighted by atomic mass is 10.1. The second kappa shape index (κ2) is 4.88. The molecule has 0 radical (unpaired) electrons. The average molecular weight is 222 g/mol. The minimum Gasteiger partial charge on any atom is -0.478 e. The first-order valence-corrected chi connectivity index (χ1v) is 5.33. The normalized spacial score (nSPS) is 12.2. The van der Waals surface area contributed by atoms with Crippen LogP contribution in [0.3, 0.4) is 0 Å². The molecule has 0 aliphatic heterocycles. The number of anilines is 2. The molecule has 0 saturated heterocycles.